The number of nitrogens with one attached hydrogen (secondary N) is 1. The van der Waals surface area contributed by atoms with E-state index in [1.54, 1.807) is 19.1 Å². The van der Waals surface area contributed by atoms with Crippen molar-refractivity contribution >= 4 is 27.3 Å². The van der Waals surface area contributed by atoms with Crippen molar-refractivity contribution in [1.82, 2.24) is 4.72 Å². The Morgan fingerprint density at radius 2 is 2.10 bits per heavy atom. The predicted octanol–water partition coefficient (Wildman–Crippen LogP) is 2.62. The Hall–Kier alpha value is -1.77. The van der Waals surface area contributed by atoms with Crippen molar-refractivity contribution < 1.29 is 22.7 Å². The molecule has 1 atom stereocenters. The second-order valence-corrected chi connectivity index (χ2v) is 7.00. The first kappa shape index (κ1) is 15.6. The Kier molecular flexibility index (Phi) is 4.40. The van der Waals surface area contributed by atoms with E-state index < -0.39 is 33.4 Å². The quantitative estimate of drug-likeness (QED) is 0.883. The van der Waals surface area contributed by atoms with Crippen LogP contribution < -0.4 is 4.72 Å². The van der Waals surface area contributed by atoms with Crippen LogP contribution in [0.3, 0.4) is 0 Å². The number of carbonyl (C=O) groups is 1. The zero-order valence-corrected chi connectivity index (χ0v) is 12.5. The summed E-state index contributed by atoms with van der Waals surface area (Å²) in [5.74, 6) is -2.50. The van der Waals surface area contributed by atoms with E-state index >= 15 is 0 Å². The van der Waals surface area contributed by atoms with E-state index in [2.05, 4.69) is 4.72 Å². The Balaban J connectivity index is 2.32. The van der Waals surface area contributed by atoms with E-state index in [1.165, 1.54) is 11.3 Å². The number of carboxylic acid groups (broad SMARTS) is 1. The smallest absolute Gasteiger partial charge is 0.338 e. The van der Waals surface area contributed by atoms with Gasteiger partial charge in [0.15, 0.2) is 0 Å². The summed E-state index contributed by atoms with van der Waals surface area (Å²) in [6.07, 6.45) is 0. The van der Waals surface area contributed by atoms with Gasteiger partial charge >= 0.3 is 5.97 Å². The van der Waals surface area contributed by atoms with Gasteiger partial charge in [-0.25, -0.2) is 22.3 Å². The van der Waals surface area contributed by atoms with Gasteiger partial charge < -0.3 is 5.11 Å². The minimum absolute atomic E-state index is 0.287. The molecular weight excluding hydrogens is 317 g/mol. The number of thiophene rings is 1. The fraction of sp³-hybridized carbons (Fsp3) is 0.154. The molecule has 1 heterocycles. The van der Waals surface area contributed by atoms with Crippen LogP contribution in [0.25, 0.3) is 0 Å². The molecule has 0 aliphatic rings. The van der Waals surface area contributed by atoms with Crippen molar-refractivity contribution in [2.75, 3.05) is 0 Å². The summed E-state index contributed by atoms with van der Waals surface area (Å²) in [4.78, 5) is 11.4. The number of hydrogen-bond donors (Lipinski definition) is 2. The summed E-state index contributed by atoms with van der Waals surface area (Å²) in [6.45, 7) is 1.67. The molecule has 21 heavy (non-hydrogen) atoms. The van der Waals surface area contributed by atoms with Gasteiger partial charge in [0.05, 0.1) is 16.5 Å². The van der Waals surface area contributed by atoms with E-state index in [9.17, 15) is 17.6 Å². The Morgan fingerprint density at radius 3 is 2.67 bits per heavy atom. The molecule has 8 heteroatoms. The molecule has 1 aromatic heterocycles. The van der Waals surface area contributed by atoms with Crippen molar-refractivity contribution in [2.24, 2.45) is 0 Å². The molecule has 0 aliphatic carbocycles. The zero-order chi connectivity index (χ0) is 15.6. The highest BCUT2D eigenvalue weighted by atomic mass is 32.2. The van der Waals surface area contributed by atoms with Gasteiger partial charge in [-0.15, -0.1) is 11.3 Å². The van der Waals surface area contributed by atoms with E-state index in [0.717, 1.165) is 23.1 Å². The maximum atomic E-state index is 13.3. The van der Waals surface area contributed by atoms with Crippen LogP contribution in [0.4, 0.5) is 4.39 Å². The molecule has 2 rings (SSSR count). The van der Waals surface area contributed by atoms with Gasteiger partial charge in [0.1, 0.15) is 5.82 Å². The van der Waals surface area contributed by atoms with E-state index in [1.807, 2.05) is 5.38 Å². The van der Waals surface area contributed by atoms with Gasteiger partial charge in [-0.2, -0.15) is 0 Å². The van der Waals surface area contributed by atoms with Crippen molar-refractivity contribution in [3.8, 4) is 0 Å². The Bertz CT molecular complexity index is 756. The monoisotopic (exact) mass is 329 g/mol. The predicted molar refractivity (Wildman–Crippen MR) is 76.4 cm³/mol. The highest BCUT2D eigenvalue weighted by Crippen LogP contribution is 2.22. The van der Waals surface area contributed by atoms with E-state index in [0.29, 0.717) is 0 Å². The number of sulfonamides is 1. The standard InChI is InChI=1S/C13H12FNO4S2/c1-8(12-3-2-6-20-12)15-21(18,19)9-4-5-11(14)10(7-9)13(16)17/h2-8,15H,1H3,(H,16,17)/t8-/m1/s1. The molecule has 2 aromatic rings. The van der Waals surface area contributed by atoms with Crippen LogP contribution in [-0.4, -0.2) is 19.5 Å². The van der Waals surface area contributed by atoms with Gasteiger partial charge in [-0.1, -0.05) is 6.07 Å². The molecule has 0 saturated heterocycles. The normalized spacial score (nSPS) is 13.0. The SMILES string of the molecule is C[C@@H](NS(=O)(=O)c1ccc(F)c(C(=O)O)c1)c1cccs1. The molecule has 0 amide bonds. The summed E-state index contributed by atoms with van der Waals surface area (Å²) < 4.78 is 40.1. The number of carboxylic acids is 1. The summed E-state index contributed by atoms with van der Waals surface area (Å²) in [7, 11) is -3.93. The third-order valence-corrected chi connectivity index (χ3v) is 5.37. The Morgan fingerprint density at radius 1 is 1.38 bits per heavy atom. The first-order valence-corrected chi connectivity index (χ1v) is 8.26. The molecule has 5 nitrogen and oxygen atoms in total. The van der Waals surface area contributed by atoms with Crippen LogP contribution in [0.5, 0.6) is 0 Å². The van der Waals surface area contributed by atoms with Crippen LogP contribution in [0.2, 0.25) is 0 Å². The van der Waals surface area contributed by atoms with Gasteiger partial charge in [0, 0.05) is 4.88 Å². The molecule has 0 saturated carbocycles. The van der Waals surface area contributed by atoms with Crippen LogP contribution in [0.15, 0.2) is 40.6 Å². The second kappa shape index (κ2) is 5.92. The van der Waals surface area contributed by atoms with Crippen LogP contribution >= 0.6 is 11.3 Å². The lowest BCUT2D eigenvalue weighted by molar-refractivity contribution is 0.0691. The average Bonchev–Trinajstić information content (AvgIpc) is 2.92. The van der Waals surface area contributed by atoms with Crippen LogP contribution in [-0.2, 0) is 10.0 Å². The highest BCUT2D eigenvalue weighted by molar-refractivity contribution is 7.89. The molecule has 0 fully saturated rings. The van der Waals surface area contributed by atoms with Crippen molar-refractivity contribution in [1.29, 1.82) is 0 Å². The molecule has 0 radical (unpaired) electrons. The minimum Gasteiger partial charge on any atom is -0.478 e. The number of benzene rings is 1. The van der Waals surface area contributed by atoms with Gasteiger partial charge in [0.25, 0.3) is 0 Å². The maximum Gasteiger partial charge on any atom is 0.338 e. The summed E-state index contributed by atoms with van der Waals surface area (Å²) in [6, 6.07) is 5.78. The molecule has 0 bridgehead atoms. The second-order valence-electron chi connectivity index (χ2n) is 4.31. The number of halogens is 1. The fourth-order valence-corrected chi connectivity index (χ4v) is 3.79. The molecule has 112 valence electrons. The fourth-order valence-electron chi connectivity index (χ4n) is 1.73. The number of hydrogen-bond acceptors (Lipinski definition) is 4. The van der Waals surface area contributed by atoms with Gasteiger partial charge in [-0.05, 0) is 36.6 Å². The minimum atomic E-state index is -3.93. The lowest BCUT2D eigenvalue weighted by Crippen LogP contribution is -2.26. The summed E-state index contributed by atoms with van der Waals surface area (Å²) in [5.41, 5.74) is -0.679. The summed E-state index contributed by atoms with van der Waals surface area (Å²) >= 11 is 1.40. The van der Waals surface area contributed by atoms with E-state index in [-0.39, 0.29) is 4.90 Å². The lowest BCUT2D eigenvalue weighted by atomic mass is 10.2. The molecule has 1 aromatic carbocycles. The van der Waals surface area contributed by atoms with Gasteiger partial charge in [0.2, 0.25) is 10.0 Å². The number of rotatable bonds is 5. The maximum absolute atomic E-state index is 13.3. The van der Waals surface area contributed by atoms with Crippen LogP contribution in [0.1, 0.15) is 28.2 Å². The van der Waals surface area contributed by atoms with Crippen LogP contribution in [0, 0.1) is 5.82 Å². The molecule has 0 spiro atoms. The van der Waals surface area contributed by atoms with Crippen molar-refractivity contribution in [3.05, 3.63) is 52.0 Å². The molecule has 2 N–H and O–H groups in total. The third-order valence-electron chi connectivity index (χ3n) is 2.78. The largest absolute Gasteiger partial charge is 0.478 e. The number of aromatic carboxylic acids is 1. The molecular formula is C13H12FNO4S2. The van der Waals surface area contributed by atoms with Gasteiger partial charge in [-0.3, -0.25) is 0 Å². The highest BCUT2D eigenvalue weighted by Gasteiger charge is 2.21. The first-order chi connectivity index (χ1) is 9.81. The first-order valence-electron chi connectivity index (χ1n) is 5.90. The van der Waals surface area contributed by atoms with E-state index in [4.69, 9.17) is 5.11 Å². The summed E-state index contributed by atoms with van der Waals surface area (Å²) in [5, 5.41) is 10.7. The third kappa shape index (κ3) is 3.46. The topological polar surface area (TPSA) is 83.5 Å². The molecule has 0 unspecified atom stereocenters. The average molecular weight is 329 g/mol. The van der Waals surface area contributed by atoms with Crippen molar-refractivity contribution in [3.63, 3.8) is 0 Å². The lowest BCUT2D eigenvalue weighted by Gasteiger charge is -2.13. The zero-order valence-electron chi connectivity index (χ0n) is 10.9. The van der Waals surface area contributed by atoms with Crippen molar-refractivity contribution in [2.45, 2.75) is 17.9 Å². The molecule has 0 aliphatic heterocycles. The Labute approximate surface area is 125 Å².